The second-order valence-electron chi connectivity index (χ2n) is 4.33. The third kappa shape index (κ3) is 2.18. The van der Waals surface area contributed by atoms with E-state index in [1.165, 1.54) is 4.80 Å². The fraction of sp³-hybridized carbons (Fsp3) is 0.0714. The molecule has 0 unspecified atom stereocenters. The van der Waals surface area contributed by atoms with Crippen LogP contribution in [0.3, 0.4) is 0 Å². The number of rotatable bonds is 2. The van der Waals surface area contributed by atoms with E-state index in [0.717, 1.165) is 16.8 Å². The van der Waals surface area contributed by atoms with Crippen LogP contribution in [0.5, 0.6) is 0 Å². The summed E-state index contributed by atoms with van der Waals surface area (Å²) < 4.78 is 0. The Balaban J connectivity index is 2.02. The van der Waals surface area contributed by atoms with Crippen molar-refractivity contribution in [2.75, 3.05) is 5.73 Å². The van der Waals surface area contributed by atoms with Crippen molar-refractivity contribution in [2.45, 2.75) is 6.92 Å². The van der Waals surface area contributed by atoms with Crippen LogP contribution < -0.4 is 5.73 Å². The van der Waals surface area contributed by atoms with Gasteiger partial charge in [0.25, 0.3) is 0 Å². The van der Waals surface area contributed by atoms with Gasteiger partial charge in [-0.1, -0.05) is 36.4 Å². The van der Waals surface area contributed by atoms with Crippen LogP contribution in [-0.2, 0) is 0 Å². The minimum absolute atomic E-state index is 0.584. The monoisotopic (exact) mass is 251 g/mol. The molecule has 0 bridgehead atoms. The summed E-state index contributed by atoms with van der Waals surface area (Å²) in [7, 11) is 0. The van der Waals surface area contributed by atoms with Crippen LogP contribution in [0, 0.1) is 6.92 Å². The molecule has 0 spiro atoms. The van der Waals surface area contributed by atoms with Gasteiger partial charge < -0.3 is 5.73 Å². The number of aryl methyl sites for hydroxylation is 1. The molecule has 1 aromatic heterocycles. The molecule has 5 nitrogen and oxygen atoms in total. The molecule has 5 heteroatoms. The van der Waals surface area contributed by atoms with Crippen LogP contribution in [-0.4, -0.2) is 20.2 Å². The lowest BCUT2D eigenvalue weighted by atomic mass is 10.2. The lowest BCUT2D eigenvalue weighted by Crippen LogP contribution is -2.03. The van der Waals surface area contributed by atoms with E-state index in [1.807, 2.05) is 55.5 Å². The van der Waals surface area contributed by atoms with E-state index in [4.69, 9.17) is 5.73 Å². The summed E-state index contributed by atoms with van der Waals surface area (Å²) in [5.41, 5.74) is 9.38. The number of nitrogens with zero attached hydrogens (tertiary/aromatic N) is 4. The fourth-order valence-corrected chi connectivity index (χ4v) is 1.88. The highest BCUT2D eigenvalue weighted by molar-refractivity contribution is 5.59. The third-order valence-corrected chi connectivity index (χ3v) is 2.84. The summed E-state index contributed by atoms with van der Waals surface area (Å²) in [5.74, 6) is 0.584. The zero-order valence-corrected chi connectivity index (χ0v) is 10.5. The van der Waals surface area contributed by atoms with Crippen molar-refractivity contribution in [2.24, 2.45) is 0 Å². The van der Waals surface area contributed by atoms with Crippen LogP contribution in [0.1, 0.15) is 5.56 Å². The Morgan fingerprint density at radius 2 is 1.84 bits per heavy atom. The molecule has 94 valence electrons. The number of benzene rings is 2. The molecule has 0 saturated heterocycles. The smallest absolute Gasteiger partial charge is 0.205 e. The van der Waals surface area contributed by atoms with E-state index in [0.29, 0.717) is 11.5 Å². The minimum Gasteiger partial charge on any atom is -0.397 e. The molecule has 0 aliphatic carbocycles. The maximum atomic E-state index is 5.97. The van der Waals surface area contributed by atoms with Gasteiger partial charge in [-0.25, -0.2) is 0 Å². The SMILES string of the molecule is Cc1ccc(-n2nnc(-c3ccccc3)n2)c(N)c1. The van der Waals surface area contributed by atoms with Crippen molar-refractivity contribution in [1.82, 2.24) is 20.2 Å². The van der Waals surface area contributed by atoms with Crippen molar-refractivity contribution in [3.63, 3.8) is 0 Å². The number of hydrogen-bond donors (Lipinski definition) is 1. The maximum absolute atomic E-state index is 5.97. The van der Waals surface area contributed by atoms with Crippen molar-refractivity contribution >= 4 is 5.69 Å². The Kier molecular flexibility index (Phi) is 2.72. The first kappa shape index (κ1) is 11.4. The average Bonchev–Trinajstić information content (AvgIpc) is 2.89. The summed E-state index contributed by atoms with van der Waals surface area (Å²) in [4.78, 5) is 1.46. The topological polar surface area (TPSA) is 69.6 Å². The Morgan fingerprint density at radius 1 is 1.05 bits per heavy atom. The van der Waals surface area contributed by atoms with Crippen LogP contribution in [0.2, 0.25) is 0 Å². The number of nitrogen functional groups attached to an aromatic ring is 1. The predicted octanol–water partition coefficient (Wildman–Crippen LogP) is 2.22. The Hall–Kier alpha value is -2.69. The molecule has 3 rings (SSSR count). The van der Waals surface area contributed by atoms with E-state index in [9.17, 15) is 0 Å². The Bertz CT molecular complexity index is 703. The standard InChI is InChI=1S/C14H13N5/c1-10-7-8-13(12(15)9-10)19-17-14(16-18-19)11-5-3-2-4-6-11/h2-9H,15H2,1H3. The number of nitrogens with two attached hydrogens (primary N) is 1. The molecule has 2 N–H and O–H groups in total. The van der Waals surface area contributed by atoms with Crippen LogP contribution in [0.25, 0.3) is 17.1 Å². The summed E-state index contributed by atoms with van der Waals surface area (Å²) in [6.07, 6.45) is 0. The molecule has 1 heterocycles. The van der Waals surface area contributed by atoms with Gasteiger partial charge in [0.2, 0.25) is 5.82 Å². The largest absolute Gasteiger partial charge is 0.397 e. The lowest BCUT2D eigenvalue weighted by Gasteiger charge is -2.03. The van der Waals surface area contributed by atoms with Gasteiger partial charge in [-0.3, -0.25) is 0 Å². The maximum Gasteiger partial charge on any atom is 0.205 e. The number of anilines is 1. The summed E-state index contributed by atoms with van der Waals surface area (Å²) >= 11 is 0. The van der Waals surface area contributed by atoms with Gasteiger partial charge in [-0.15, -0.1) is 15.0 Å². The molecule has 0 amide bonds. The molecule has 0 radical (unpaired) electrons. The van der Waals surface area contributed by atoms with E-state index in [2.05, 4.69) is 15.4 Å². The fourth-order valence-electron chi connectivity index (χ4n) is 1.88. The van der Waals surface area contributed by atoms with Crippen LogP contribution in [0.4, 0.5) is 5.69 Å². The van der Waals surface area contributed by atoms with Gasteiger partial charge in [-0.05, 0) is 29.8 Å². The van der Waals surface area contributed by atoms with Crippen LogP contribution >= 0.6 is 0 Å². The van der Waals surface area contributed by atoms with E-state index in [1.54, 1.807) is 0 Å². The molecule has 0 atom stereocenters. The van der Waals surface area contributed by atoms with Crippen molar-refractivity contribution < 1.29 is 0 Å². The Morgan fingerprint density at radius 3 is 2.58 bits per heavy atom. The van der Waals surface area contributed by atoms with Gasteiger partial charge in [0, 0.05) is 5.56 Å². The first-order valence-electron chi connectivity index (χ1n) is 5.96. The van der Waals surface area contributed by atoms with E-state index >= 15 is 0 Å². The van der Waals surface area contributed by atoms with Crippen LogP contribution in [0.15, 0.2) is 48.5 Å². The molecule has 0 aliphatic heterocycles. The molecule has 0 fully saturated rings. The second kappa shape index (κ2) is 4.53. The molecule has 0 saturated carbocycles. The van der Waals surface area contributed by atoms with Gasteiger partial charge >= 0.3 is 0 Å². The molecule has 0 aliphatic rings. The summed E-state index contributed by atoms with van der Waals surface area (Å²) in [6.45, 7) is 1.99. The first-order chi connectivity index (χ1) is 9.24. The normalized spacial score (nSPS) is 10.6. The minimum atomic E-state index is 0.584. The highest BCUT2D eigenvalue weighted by Gasteiger charge is 2.09. The number of aromatic nitrogens is 4. The molecule has 2 aromatic carbocycles. The van der Waals surface area contributed by atoms with Gasteiger partial charge in [0.15, 0.2) is 0 Å². The van der Waals surface area contributed by atoms with Gasteiger partial charge in [0.05, 0.1) is 5.69 Å². The van der Waals surface area contributed by atoms with E-state index < -0.39 is 0 Å². The quantitative estimate of drug-likeness (QED) is 0.709. The first-order valence-corrected chi connectivity index (χ1v) is 5.96. The number of hydrogen-bond acceptors (Lipinski definition) is 4. The summed E-state index contributed by atoms with van der Waals surface area (Å²) in [5, 5.41) is 12.5. The molecular formula is C14H13N5. The van der Waals surface area contributed by atoms with Crippen molar-refractivity contribution in [3.05, 3.63) is 54.1 Å². The van der Waals surface area contributed by atoms with E-state index in [-0.39, 0.29) is 0 Å². The van der Waals surface area contributed by atoms with Gasteiger partial charge in [0.1, 0.15) is 5.69 Å². The molecular weight excluding hydrogens is 238 g/mol. The average molecular weight is 251 g/mol. The lowest BCUT2D eigenvalue weighted by molar-refractivity contribution is 0.721. The molecule has 19 heavy (non-hydrogen) atoms. The molecule has 3 aromatic rings. The highest BCUT2D eigenvalue weighted by Crippen LogP contribution is 2.18. The Labute approximate surface area is 110 Å². The number of tetrazole rings is 1. The van der Waals surface area contributed by atoms with Crippen molar-refractivity contribution in [3.8, 4) is 17.1 Å². The van der Waals surface area contributed by atoms with Gasteiger partial charge in [-0.2, -0.15) is 0 Å². The zero-order valence-electron chi connectivity index (χ0n) is 10.5. The predicted molar refractivity (Wildman–Crippen MR) is 73.7 cm³/mol. The zero-order chi connectivity index (χ0) is 13.2. The summed E-state index contributed by atoms with van der Waals surface area (Å²) in [6, 6.07) is 15.5. The third-order valence-electron chi connectivity index (χ3n) is 2.84. The van der Waals surface area contributed by atoms with Crippen molar-refractivity contribution in [1.29, 1.82) is 0 Å². The second-order valence-corrected chi connectivity index (χ2v) is 4.33. The highest BCUT2D eigenvalue weighted by atomic mass is 15.6.